The lowest BCUT2D eigenvalue weighted by atomic mass is 9.95. The Kier molecular flexibility index (Phi) is 4.12. The maximum absolute atomic E-state index is 12.1. The molecule has 23 heavy (non-hydrogen) atoms. The second-order valence-corrected chi connectivity index (χ2v) is 5.89. The Labute approximate surface area is 139 Å². The van der Waals surface area contributed by atoms with Crippen LogP contribution < -0.4 is 16.2 Å². The number of pyridine rings is 1. The minimum absolute atomic E-state index is 0.188. The zero-order chi connectivity index (χ0) is 16.4. The summed E-state index contributed by atoms with van der Waals surface area (Å²) in [6, 6.07) is 8.37. The number of nitrogens with one attached hydrogen (secondary N) is 3. The van der Waals surface area contributed by atoms with Crippen molar-refractivity contribution >= 4 is 33.3 Å². The molecule has 1 aliphatic rings. The molecule has 0 saturated heterocycles. The Morgan fingerprint density at radius 3 is 2.65 bits per heavy atom. The minimum atomic E-state index is -0.459. The minimum Gasteiger partial charge on any atom is -0.386 e. The summed E-state index contributed by atoms with van der Waals surface area (Å²) in [5, 5.41) is 5.31. The normalized spacial score (nSPS) is 15.3. The number of amides is 2. The van der Waals surface area contributed by atoms with E-state index in [4.69, 9.17) is 0 Å². The molecular weight excluding hydrogens is 362 g/mol. The Bertz CT molecular complexity index is 886. The summed E-state index contributed by atoms with van der Waals surface area (Å²) in [6.07, 6.45) is 3.11. The van der Waals surface area contributed by atoms with E-state index in [1.54, 1.807) is 36.7 Å². The highest BCUT2D eigenvalue weighted by Crippen LogP contribution is 2.26. The molecule has 7 heteroatoms. The smallest absolute Gasteiger partial charge is 0.260 e. The van der Waals surface area contributed by atoms with Crippen LogP contribution in [0, 0.1) is 0 Å². The molecule has 116 valence electrons. The SMILES string of the molecule is O=C1NC(=O)c2ccc(Br)cc2/C1=C/NCc1cc[nH]c(=O)c1. The highest BCUT2D eigenvalue weighted by molar-refractivity contribution is 9.10. The summed E-state index contributed by atoms with van der Waals surface area (Å²) in [5.74, 6) is -0.872. The van der Waals surface area contributed by atoms with Crippen molar-refractivity contribution < 1.29 is 9.59 Å². The van der Waals surface area contributed by atoms with E-state index in [1.807, 2.05) is 0 Å². The first-order valence-electron chi connectivity index (χ1n) is 6.81. The topological polar surface area (TPSA) is 91.1 Å². The Hall–Kier alpha value is -2.67. The van der Waals surface area contributed by atoms with Crippen LogP contribution in [0.5, 0.6) is 0 Å². The summed E-state index contributed by atoms with van der Waals surface area (Å²) >= 11 is 3.34. The second-order valence-electron chi connectivity index (χ2n) is 4.97. The third-order valence-electron chi connectivity index (χ3n) is 3.38. The van der Waals surface area contributed by atoms with Gasteiger partial charge >= 0.3 is 0 Å². The fourth-order valence-corrected chi connectivity index (χ4v) is 2.67. The highest BCUT2D eigenvalue weighted by Gasteiger charge is 2.27. The first kappa shape index (κ1) is 15.2. The largest absolute Gasteiger partial charge is 0.386 e. The number of benzene rings is 1. The third-order valence-corrected chi connectivity index (χ3v) is 3.87. The van der Waals surface area contributed by atoms with Gasteiger partial charge in [0.1, 0.15) is 0 Å². The molecule has 0 saturated carbocycles. The van der Waals surface area contributed by atoms with E-state index in [2.05, 4.69) is 31.5 Å². The zero-order valence-electron chi connectivity index (χ0n) is 11.9. The molecule has 2 amide bonds. The van der Waals surface area contributed by atoms with Gasteiger partial charge in [-0.1, -0.05) is 15.9 Å². The Balaban J connectivity index is 1.88. The van der Waals surface area contributed by atoms with Crippen LogP contribution in [0.1, 0.15) is 21.5 Å². The number of halogens is 1. The lowest BCUT2D eigenvalue weighted by molar-refractivity contribution is -0.114. The van der Waals surface area contributed by atoms with E-state index in [1.165, 1.54) is 6.07 Å². The third kappa shape index (κ3) is 3.24. The average molecular weight is 374 g/mol. The van der Waals surface area contributed by atoms with Gasteiger partial charge < -0.3 is 10.3 Å². The van der Waals surface area contributed by atoms with E-state index in [9.17, 15) is 14.4 Å². The van der Waals surface area contributed by atoms with E-state index < -0.39 is 11.8 Å². The van der Waals surface area contributed by atoms with Gasteiger partial charge in [0.25, 0.3) is 11.8 Å². The first-order chi connectivity index (χ1) is 11.0. The number of aromatic amines is 1. The van der Waals surface area contributed by atoms with Crippen molar-refractivity contribution in [2.45, 2.75) is 6.54 Å². The Morgan fingerprint density at radius 1 is 1.04 bits per heavy atom. The second kappa shape index (κ2) is 6.21. The summed E-state index contributed by atoms with van der Waals surface area (Å²) < 4.78 is 0.777. The fourth-order valence-electron chi connectivity index (χ4n) is 2.31. The van der Waals surface area contributed by atoms with Crippen molar-refractivity contribution in [2.24, 2.45) is 0 Å². The lowest BCUT2D eigenvalue weighted by Crippen LogP contribution is -2.37. The van der Waals surface area contributed by atoms with Gasteiger partial charge in [0.2, 0.25) is 5.56 Å². The highest BCUT2D eigenvalue weighted by atomic mass is 79.9. The summed E-state index contributed by atoms with van der Waals surface area (Å²) in [5.41, 5.74) is 1.97. The number of carbonyl (C=O) groups excluding carboxylic acids is 2. The quantitative estimate of drug-likeness (QED) is 0.562. The molecular formula is C16H12BrN3O3. The maximum Gasteiger partial charge on any atom is 0.260 e. The molecule has 0 fully saturated rings. The fraction of sp³-hybridized carbons (Fsp3) is 0.0625. The van der Waals surface area contributed by atoms with E-state index in [0.29, 0.717) is 23.2 Å². The van der Waals surface area contributed by atoms with Gasteiger partial charge in [-0.25, -0.2) is 0 Å². The molecule has 0 unspecified atom stereocenters. The van der Waals surface area contributed by atoms with Crippen molar-refractivity contribution in [1.29, 1.82) is 0 Å². The molecule has 0 radical (unpaired) electrons. The molecule has 3 rings (SSSR count). The van der Waals surface area contributed by atoms with E-state index in [-0.39, 0.29) is 5.56 Å². The number of fused-ring (bicyclic) bond motifs is 1. The molecule has 0 aliphatic carbocycles. The number of carbonyl (C=O) groups is 2. The van der Waals surface area contributed by atoms with Crippen LogP contribution in [-0.2, 0) is 11.3 Å². The number of H-pyrrole nitrogens is 1. The van der Waals surface area contributed by atoms with Crippen LogP contribution in [0.4, 0.5) is 0 Å². The van der Waals surface area contributed by atoms with Crippen LogP contribution in [0.2, 0.25) is 0 Å². The number of hydrogen-bond donors (Lipinski definition) is 3. The van der Waals surface area contributed by atoms with Crippen LogP contribution in [-0.4, -0.2) is 16.8 Å². The average Bonchev–Trinajstić information content (AvgIpc) is 2.50. The van der Waals surface area contributed by atoms with Crippen LogP contribution in [0.25, 0.3) is 5.57 Å². The van der Waals surface area contributed by atoms with Crippen molar-refractivity contribution in [1.82, 2.24) is 15.6 Å². The van der Waals surface area contributed by atoms with Gasteiger partial charge in [-0.15, -0.1) is 0 Å². The molecule has 0 spiro atoms. The zero-order valence-corrected chi connectivity index (χ0v) is 13.4. The molecule has 2 heterocycles. The maximum atomic E-state index is 12.1. The molecule has 6 nitrogen and oxygen atoms in total. The molecule has 1 aromatic carbocycles. The standard InChI is InChI=1S/C16H12BrN3O3/c17-10-1-2-11-12(6-10)13(16(23)20-15(11)22)8-18-7-9-3-4-19-14(21)5-9/h1-6,8,18H,7H2,(H,19,21)(H,20,22,23)/b13-8-. The molecule has 1 aromatic heterocycles. The number of rotatable bonds is 3. The summed E-state index contributed by atoms with van der Waals surface area (Å²) in [7, 11) is 0. The van der Waals surface area contributed by atoms with Gasteiger partial charge in [0.15, 0.2) is 0 Å². The lowest BCUT2D eigenvalue weighted by Gasteiger charge is -2.18. The van der Waals surface area contributed by atoms with Gasteiger partial charge in [-0.2, -0.15) is 0 Å². The number of imide groups is 1. The molecule has 3 N–H and O–H groups in total. The summed E-state index contributed by atoms with van der Waals surface area (Å²) in [6.45, 7) is 0.387. The summed E-state index contributed by atoms with van der Waals surface area (Å²) in [4.78, 5) is 37.7. The van der Waals surface area contributed by atoms with E-state index in [0.717, 1.165) is 10.0 Å². The van der Waals surface area contributed by atoms with Gasteiger partial charge in [0, 0.05) is 40.6 Å². The first-order valence-corrected chi connectivity index (χ1v) is 7.60. The predicted molar refractivity (Wildman–Crippen MR) is 88.5 cm³/mol. The van der Waals surface area contributed by atoms with Crippen molar-refractivity contribution in [3.63, 3.8) is 0 Å². The van der Waals surface area contributed by atoms with Crippen molar-refractivity contribution in [3.8, 4) is 0 Å². The molecule has 2 aromatic rings. The molecule has 0 atom stereocenters. The predicted octanol–water partition coefficient (Wildman–Crippen LogP) is 1.54. The monoisotopic (exact) mass is 373 g/mol. The van der Waals surface area contributed by atoms with Crippen LogP contribution in [0.3, 0.4) is 0 Å². The van der Waals surface area contributed by atoms with Gasteiger partial charge in [-0.05, 0) is 29.8 Å². The van der Waals surface area contributed by atoms with Gasteiger partial charge in [0.05, 0.1) is 5.57 Å². The number of hydrogen-bond acceptors (Lipinski definition) is 4. The van der Waals surface area contributed by atoms with Crippen molar-refractivity contribution in [3.05, 3.63) is 74.2 Å². The molecule has 1 aliphatic heterocycles. The van der Waals surface area contributed by atoms with Gasteiger partial charge in [-0.3, -0.25) is 19.7 Å². The van der Waals surface area contributed by atoms with Crippen molar-refractivity contribution in [2.75, 3.05) is 0 Å². The molecule has 0 bridgehead atoms. The van der Waals surface area contributed by atoms with Crippen LogP contribution >= 0.6 is 15.9 Å². The number of aromatic nitrogens is 1. The van der Waals surface area contributed by atoms with Crippen LogP contribution in [0.15, 0.2) is 52.0 Å². The van der Waals surface area contributed by atoms with E-state index >= 15 is 0 Å². The Morgan fingerprint density at radius 2 is 1.87 bits per heavy atom.